The highest BCUT2D eigenvalue weighted by atomic mass is 19.1. The van der Waals surface area contributed by atoms with Gasteiger partial charge in [0.05, 0.1) is 17.6 Å². The molecule has 5 heteroatoms. The number of nitrogens with one attached hydrogen (secondary N) is 1. The van der Waals surface area contributed by atoms with Crippen molar-refractivity contribution in [2.45, 2.75) is 39.3 Å². The molecule has 1 heterocycles. The second-order valence-electron chi connectivity index (χ2n) is 7.31. The van der Waals surface area contributed by atoms with Gasteiger partial charge in [-0.3, -0.25) is 9.59 Å². The Morgan fingerprint density at radius 3 is 2.63 bits per heavy atom. The molecule has 4 rings (SSSR count). The molecule has 0 unspecified atom stereocenters. The van der Waals surface area contributed by atoms with Gasteiger partial charge >= 0.3 is 0 Å². The van der Waals surface area contributed by atoms with Crippen LogP contribution in [0.1, 0.15) is 39.9 Å². The maximum atomic E-state index is 14.1. The van der Waals surface area contributed by atoms with Crippen LogP contribution in [-0.4, -0.2) is 21.8 Å². The number of carbonyl (C=O) groups excluding carboxylic acids is 1. The predicted molar refractivity (Wildman–Crippen MR) is 103 cm³/mol. The molecule has 1 amide bonds. The number of halogens is 1. The summed E-state index contributed by atoms with van der Waals surface area (Å²) >= 11 is 0. The monoisotopic (exact) mass is 364 g/mol. The molecule has 0 aliphatic heterocycles. The minimum absolute atomic E-state index is 0.0494. The van der Waals surface area contributed by atoms with E-state index in [1.165, 1.54) is 12.1 Å². The first-order valence-electron chi connectivity index (χ1n) is 9.12. The highest BCUT2D eigenvalue weighted by molar-refractivity contribution is 5.95. The van der Waals surface area contributed by atoms with Gasteiger partial charge in [0.1, 0.15) is 5.82 Å². The number of rotatable bonds is 4. The van der Waals surface area contributed by atoms with Crippen LogP contribution in [0.2, 0.25) is 0 Å². The van der Waals surface area contributed by atoms with E-state index in [0.717, 1.165) is 34.9 Å². The molecule has 0 atom stereocenters. The number of fused-ring (bicyclic) bond motifs is 1. The summed E-state index contributed by atoms with van der Waals surface area (Å²) in [4.78, 5) is 30.1. The van der Waals surface area contributed by atoms with E-state index in [1.54, 1.807) is 17.0 Å². The van der Waals surface area contributed by atoms with Gasteiger partial charge in [0.2, 0.25) is 0 Å². The van der Waals surface area contributed by atoms with Gasteiger partial charge in [-0.1, -0.05) is 23.8 Å². The fourth-order valence-electron chi connectivity index (χ4n) is 3.58. The van der Waals surface area contributed by atoms with E-state index < -0.39 is 5.82 Å². The van der Waals surface area contributed by atoms with Crippen LogP contribution in [-0.2, 0) is 6.54 Å². The van der Waals surface area contributed by atoms with E-state index >= 15 is 0 Å². The number of carbonyl (C=O) groups is 1. The molecule has 1 aliphatic rings. The lowest BCUT2D eigenvalue weighted by Crippen LogP contribution is -2.35. The van der Waals surface area contributed by atoms with Gasteiger partial charge < -0.3 is 9.88 Å². The van der Waals surface area contributed by atoms with Crippen LogP contribution in [0.3, 0.4) is 0 Å². The number of nitrogens with zero attached hydrogens (tertiary/aromatic N) is 1. The van der Waals surface area contributed by atoms with Crippen molar-refractivity contribution in [1.29, 1.82) is 0 Å². The van der Waals surface area contributed by atoms with Gasteiger partial charge in [-0.25, -0.2) is 4.39 Å². The summed E-state index contributed by atoms with van der Waals surface area (Å²) in [6, 6.07) is 11.9. The molecule has 27 heavy (non-hydrogen) atoms. The Balaban J connectivity index is 1.72. The summed E-state index contributed by atoms with van der Waals surface area (Å²) in [6.45, 7) is 4.15. The summed E-state index contributed by atoms with van der Waals surface area (Å²) < 4.78 is 14.1. The molecule has 0 bridgehead atoms. The Kier molecular flexibility index (Phi) is 4.30. The van der Waals surface area contributed by atoms with Crippen LogP contribution >= 0.6 is 0 Å². The molecule has 138 valence electrons. The molecular weight excluding hydrogens is 343 g/mol. The molecule has 4 nitrogen and oxygen atoms in total. The van der Waals surface area contributed by atoms with E-state index in [9.17, 15) is 14.0 Å². The Morgan fingerprint density at radius 2 is 1.93 bits per heavy atom. The number of H-pyrrole nitrogens is 1. The Bertz CT molecular complexity index is 1100. The molecule has 0 saturated heterocycles. The lowest BCUT2D eigenvalue weighted by Gasteiger charge is -2.23. The van der Waals surface area contributed by atoms with Crippen molar-refractivity contribution in [1.82, 2.24) is 9.88 Å². The van der Waals surface area contributed by atoms with Crippen molar-refractivity contribution >= 4 is 16.8 Å². The zero-order valence-corrected chi connectivity index (χ0v) is 15.4. The van der Waals surface area contributed by atoms with Gasteiger partial charge in [-0.05, 0) is 61.9 Å². The molecule has 1 aliphatic carbocycles. The SMILES string of the molecule is Cc1cc(C)c2[nH]c(=O)c(CN(C(=O)c3ccccc3F)C3CC3)cc2c1. The molecule has 1 saturated carbocycles. The third-order valence-corrected chi connectivity index (χ3v) is 5.06. The molecule has 1 N–H and O–H groups in total. The summed E-state index contributed by atoms with van der Waals surface area (Å²) in [5.41, 5.74) is 3.29. The number of aromatic nitrogens is 1. The highest BCUT2D eigenvalue weighted by Crippen LogP contribution is 2.30. The smallest absolute Gasteiger partial charge is 0.257 e. The number of benzene rings is 2. The average molecular weight is 364 g/mol. The van der Waals surface area contributed by atoms with Crippen LogP contribution in [0.4, 0.5) is 4.39 Å². The minimum atomic E-state index is -0.535. The zero-order chi connectivity index (χ0) is 19.1. The molecule has 1 aromatic heterocycles. The van der Waals surface area contributed by atoms with Crippen LogP contribution in [0, 0.1) is 19.7 Å². The summed E-state index contributed by atoms with van der Waals surface area (Å²) in [6.07, 6.45) is 1.76. The molecule has 2 aromatic carbocycles. The van der Waals surface area contributed by atoms with Gasteiger partial charge in [0.15, 0.2) is 0 Å². The topological polar surface area (TPSA) is 53.2 Å². The van der Waals surface area contributed by atoms with Crippen molar-refractivity contribution in [2.75, 3.05) is 0 Å². The van der Waals surface area contributed by atoms with E-state index in [4.69, 9.17) is 0 Å². The minimum Gasteiger partial charge on any atom is -0.331 e. The lowest BCUT2D eigenvalue weighted by molar-refractivity contribution is 0.0724. The summed E-state index contributed by atoms with van der Waals surface area (Å²) in [7, 11) is 0. The number of amides is 1. The van der Waals surface area contributed by atoms with Crippen molar-refractivity contribution in [3.8, 4) is 0 Å². The molecule has 3 aromatic rings. The largest absolute Gasteiger partial charge is 0.331 e. The van der Waals surface area contributed by atoms with Crippen LogP contribution in [0.15, 0.2) is 47.3 Å². The highest BCUT2D eigenvalue weighted by Gasteiger charge is 2.34. The number of aryl methyl sites for hydroxylation is 2. The number of hydrogen-bond acceptors (Lipinski definition) is 2. The predicted octanol–water partition coefficient (Wildman–Crippen LogP) is 4.09. The van der Waals surface area contributed by atoms with Crippen molar-refractivity contribution in [3.63, 3.8) is 0 Å². The van der Waals surface area contributed by atoms with Gasteiger partial charge in [0, 0.05) is 11.6 Å². The molecule has 1 fully saturated rings. The van der Waals surface area contributed by atoms with Crippen molar-refractivity contribution in [3.05, 3.63) is 80.9 Å². The summed E-state index contributed by atoms with van der Waals surface area (Å²) in [5.74, 6) is -0.901. The van der Waals surface area contributed by atoms with Gasteiger partial charge in [0.25, 0.3) is 11.5 Å². The normalized spacial score (nSPS) is 13.7. The third-order valence-electron chi connectivity index (χ3n) is 5.06. The molecule has 0 spiro atoms. The van der Waals surface area contributed by atoms with Crippen LogP contribution in [0.25, 0.3) is 10.9 Å². The molecule has 0 radical (unpaired) electrons. The van der Waals surface area contributed by atoms with Crippen molar-refractivity contribution in [2.24, 2.45) is 0 Å². The number of hydrogen-bond donors (Lipinski definition) is 1. The number of aromatic amines is 1. The third kappa shape index (κ3) is 3.37. The van der Waals surface area contributed by atoms with Gasteiger partial charge in [-0.15, -0.1) is 0 Å². The Morgan fingerprint density at radius 1 is 1.19 bits per heavy atom. The zero-order valence-electron chi connectivity index (χ0n) is 15.4. The fourth-order valence-corrected chi connectivity index (χ4v) is 3.58. The quantitative estimate of drug-likeness (QED) is 0.758. The number of pyridine rings is 1. The Hall–Kier alpha value is -2.95. The lowest BCUT2D eigenvalue weighted by atomic mass is 10.0. The van der Waals surface area contributed by atoms with E-state index in [0.29, 0.717) is 5.56 Å². The Labute approximate surface area is 156 Å². The standard InChI is InChI=1S/C22H21FN2O2/c1-13-9-14(2)20-15(10-13)11-16(21(26)24-20)12-25(17-7-8-17)22(27)18-5-3-4-6-19(18)23/h3-6,9-11,17H,7-8,12H2,1-2H3,(H,24,26). The second-order valence-corrected chi connectivity index (χ2v) is 7.31. The van der Waals surface area contributed by atoms with Crippen LogP contribution in [0.5, 0.6) is 0 Å². The van der Waals surface area contributed by atoms with E-state index in [-0.39, 0.29) is 29.6 Å². The first kappa shape index (κ1) is 17.5. The first-order valence-corrected chi connectivity index (χ1v) is 9.12. The summed E-state index contributed by atoms with van der Waals surface area (Å²) in [5, 5.41) is 0.941. The second kappa shape index (κ2) is 6.65. The van der Waals surface area contributed by atoms with E-state index in [2.05, 4.69) is 4.98 Å². The fraction of sp³-hybridized carbons (Fsp3) is 0.273. The maximum Gasteiger partial charge on any atom is 0.257 e. The molecular formula is C22H21FN2O2. The average Bonchev–Trinajstić information content (AvgIpc) is 3.45. The first-order chi connectivity index (χ1) is 12.9. The van der Waals surface area contributed by atoms with Gasteiger partial charge in [-0.2, -0.15) is 0 Å². The van der Waals surface area contributed by atoms with Crippen LogP contribution < -0.4 is 5.56 Å². The van der Waals surface area contributed by atoms with E-state index in [1.807, 2.05) is 32.0 Å². The maximum absolute atomic E-state index is 14.1. The van der Waals surface area contributed by atoms with Crippen molar-refractivity contribution < 1.29 is 9.18 Å².